The molecule has 7 nitrogen and oxygen atoms in total. The summed E-state index contributed by atoms with van der Waals surface area (Å²) in [5.41, 5.74) is 1.26. The Hall–Kier alpha value is -1.65. The number of aliphatic imine (C=N–C) groups is 1. The molecule has 2 aromatic rings. The monoisotopic (exact) mass is 568 g/mol. The predicted octanol–water partition coefficient (Wildman–Crippen LogP) is 3.74. The third kappa shape index (κ3) is 8.57. The lowest BCUT2D eigenvalue weighted by Crippen LogP contribution is -2.53. The van der Waals surface area contributed by atoms with E-state index in [0.29, 0.717) is 18.5 Å². The van der Waals surface area contributed by atoms with Gasteiger partial charge in [-0.1, -0.05) is 57.0 Å². The molecule has 1 fully saturated rings. The standard InChI is InChI=1S/C25H40N6O.HI/c1-4-22(5-2)23(30-14-16-32-17-15-30)18-28-25(26-6-3)29-19-24-27-12-13-31(24)20-21-10-8-7-9-11-21;/h7-13,22-23H,4-6,14-20H2,1-3H3,(H2,26,28,29);1H. The lowest BCUT2D eigenvalue weighted by molar-refractivity contribution is 0.00272. The molecule has 0 amide bonds. The topological polar surface area (TPSA) is 66.7 Å². The Morgan fingerprint density at radius 2 is 1.82 bits per heavy atom. The van der Waals surface area contributed by atoms with Gasteiger partial charge in [-0.05, 0) is 18.4 Å². The molecule has 0 aliphatic carbocycles. The molecule has 0 radical (unpaired) electrons. The largest absolute Gasteiger partial charge is 0.379 e. The van der Waals surface area contributed by atoms with E-state index < -0.39 is 0 Å². The molecule has 0 spiro atoms. The van der Waals surface area contributed by atoms with Gasteiger partial charge in [0.25, 0.3) is 0 Å². The van der Waals surface area contributed by atoms with Crippen molar-refractivity contribution in [3.05, 3.63) is 54.1 Å². The molecule has 1 aromatic carbocycles. The number of guanidine groups is 1. The number of ether oxygens (including phenoxy) is 1. The molecule has 0 bridgehead atoms. The minimum atomic E-state index is 0. The van der Waals surface area contributed by atoms with Gasteiger partial charge in [0, 0.05) is 51.2 Å². The predicted molar refractivity (Wildman–Crippen MR) is 146 cm³/mol. The fraction of sp³-hybridized carbons (Fsp3) is 0.600. The number of aromatic nitrogens is 2. The Kier molecular flexibility index (Phi) is 12.8. The molecule has 33 heavy (non-hydrogen) atoms. The summed E-state index contributed by atoms with van der Waals surface area (Å²) in [5.74, 6) is 2.48. The maximum absolute atomic E-state index is 5.59. The second kappa shape index (κ2) is 15.3. The summed E-state index contributed by atoms with van der Waals surface area (Å²) in [6.45, 7) is 13.4. The van der Waals surface area contributed by atoms with Crippen molar-refractivity contribution in [3.8, 4) is 0 Å². The van der Waals surface area contributed by atoms with Crippen LogP contribution in [0.3, 0.4) is 0 Å². The minimum Gasteiger partial charge on any atom is -0.379 e. The molecule has 2 N–H and O–H groups in total. The average Bonchev–Trinajstić information content (AvgIpc) is 3.28. The number of hydrogen-bond donors (Lipinski definition) is 2. The van der Waals surface area contributed by atoms with Crippen LogP contribution in [-0.2, 0) is 17.8 Å². The fourth-order valence-electron chi connectivity index (χ4n) is 4.44. The third-order valence-corrected chi connectivity index (χ3v) is 6.31. The molecule has 1 aliphatic rings. The van der Waals surface area contributed by atoms with Crippen molar-refractivity contribution in [3.63, 3.8) is 0 Å². The van der Waals surface area contributed by atoms with Crippen LogP contribution >= 0.6 is 24.0 Å². The van der Waals surface area contributed by atoms with Gasteiger partial charge in [-0.3, -0.25) is 4.90 Å². The van der Waals surface area contributed by atoms with Crippen molar-refractivity contribution in [2.75, 3.05) is 39.4 Å². The van der Waals surface area contributed by atoms with Crippen molar-refractivity contribution >= 4 is 29.9 Å². The summed E-state index contributed by atoms with van der Waals surface area (Å²) in [6, 6.07) is 11.0. The Balaban J connectivity index is 0.00000385. The van der Waals surface area contributed by atoms with Gasteiger partial charge in [0.05, 0.1) is 13.2 Å². The van der Waals surface area contributed by atoms with Gasteiger partial charge in [0.1, 0.15) is 12.4 Å². The van der Waals surface area contributed by atoms with E-state index in [2.05, 4.69) is 70.1 Å². The molecule has 1 aromatic heterocycles. The average molecular weight is 569 g/mol. The van der Waals surface area contributed by atoms with E-state index in [1.165, 1.54) is 18.4 Å². The first-order valence-corrected chi connectivity index (χ1v) is 12.1. The molecule has 1 aliphatic heterocycles. The summed E-state index contributed by atoms with van der Waals surface area (Å²) in [7, 11) is 0. The molecule has 2 heterocycles. The second-order valence-electron chi connectivity index (χ2n) is 8.33. The fourth-order valence-corrected chi connectivity index (χ4v) is 4.44. The molecule has 8 heteroatoms. The van der Waals surface area contributed by atoms with Crippen molar-refractivity contribution in [2.45, 2.75) is 52.7 Å². The summed E-state index contributed by atoms with van der Waals surface area (Å²) >= 11 is 0. The maximum Gasteiger partial charge on any atom is 0.191 e. The van der Waals surface area contributed by atoms with E-state index in [0.717, 1.165) is 57.7 Å². The normalized spacial score (nSPS) is 15.8. The van der Waals surface area contributed by atoms with Crippen LogP contribution < -0.4 is 10.6 Å². The highest BCUT2D eigenvalue weighted by Crippen LogP contribution is 2.19. The number of imidazole rings is 1. The number of nitrogens with zero attached hydrogens (tertiary/aromatic N) is 4. The molecular weight excluding hydrogens is 527 g/mol. The number of hydrogen-bond acceptors (Lipinski definition) is 4. The quantitative estimate of drug-likeness (QED) is 0.246. The van der Waals surface area contributed by atoms with Crippen LogP contribution in [0.15, 0.2) is 47.7 Å². The first kappa shape index (κ1) is 27.6. The third-order valence-electron chi connectivity index (χ3n) is 6.31. The van der Waals surface area contributed by atoms with Crippen molar-refractivity contribution < 1.29 is 4.74 Å². The molecule has 184 valence electrons. The van der Waals surface area contributed by atoms with Gasteiger partial charge in [-0.15, -0.1) is 24.0 Å². The zero-order valence-corrected chi connectivity index (χ0v) is 22.7. The van der Waals surface area contributed by atoms with Crippen molar-refractivity contribution in [1.82, 2.24) is 25.1 Å². The molecule has 3 rings (SSSR count). The summed E-state index contributed by atoms with van der Waals surface area (Å²) < 4.78 is 7.76. The first-order valence-electron chi connectivity index (χ1n) is 12.1. The highest BCUT2D eigenvalue weighted by Gasteiger charge is 2.27. The molecule has 0 saturated carbocycles. The van der Waals surface area contributed by atoms with Crippen LogP contribution in [0, 0.1) is 5.92 Å². The lowest BCUT2D eigenvalue weighted by atomic mass is 9.92. The van der Waals surface area contributed by atoms with Gasteiger partial charge in [-0.25, -0.2) is 9.98 Å². The molecular formula is C25H41IN6O. The minimum absolute atomic E-state index is 0. The maximum atomic E-state index is 5.59. The van der Waals surface area contributed by atoms with Crippen LogP contribution in [0.5, 0.6) is 0 Å². The molecule has 1 saturated heterocycles. The van der Waals surface area contributed by atoms with Crippen LogP contribution in [0.4, 0.5) is 0 Å². The number of halogens is 1. The van der Waals surface area contributed by atoms with E-state index in [-0.39, 0.29) is 24.0 Å². The smallest absolute Gasteiger partial charge is 0.191 e. The number of morpholine rings is 1. The van der Waals surface area contributed by atoms with Gasteiger partial charge in [-0.2, -0.15) is 0 Å². The number of nitrogens with one attached hydrogen (secondary N) is 2. The van der Waals surface area contributed by atoms with Crippen LogP contribution in [0.2, 0.25) is 0 Å². The molecule has 1 atom stereocenters. The zero-order chi connectivity index (χ0) is 22.6. The Bertz CT molecular complexity index is 802. The van der Waals surface area contributed by atoms with Crippen LogP contribution in [0.25, 0.3) is 0 Å². The summed E-state index contributed by atoms with van der Waals surface area (Å²) in [6.07, 6.45) is 6.26. The van der Waals surface area contributed by atoms with Gasteiger partial charge in [0.2, 0.25) is 0 Å². The van der Waals surface area contributed by atoms with E-state index in [9.17, 15) is 0 Å². The van der Waals surface area contributed by atoms with E-state index in [4.69, 9.17) is 9.73 Å². The highest BCUT2D eigenvalue weighted by molar-refractivity contribution is 14.0. The van der Waals surface area contributed by atoms with Crippen LogP contribution in [-0.4, -0.2) is 65.8 Å². The van der Waals surface area contributed by atoms with Gasteiger partial charge in [0.15, 0.2) is 5.96 Å². The van der Waals surface area contributed by atoms with E-state index in [1.54, 1.807) is 0 Å². The number of rotatable bonds is 11. The Morgan fingerprint density at radius 1 is 1.09 bits per heavy atom. The van der Waals surface area contributed by atoms with Gasteiger partial charge < -0.3 is 19.9 Å². The highest BCUT2D eigenvalue weighted by atomic mass is 127. The summed E-state index contributed by atoms with van der Waals surface area (Å²) in [4.78, 5) is 12.0. The first-order chi connectivity index (χ1) is 15.7. The van der Waals surface area contributed by atoms with Gasteiger partial charge >= 0.3 is 0 Å². The molecule has 1 unspecified atom stereocenters. The number of benzene rings is 1. The SMILES string of the molecule is CCNC(=NCc1nccn1Cc1ccccc1)NCC(C(CC)CC)N1CCOCC1.I. The Morgan fingerprint density at radius 3 is 2.48 bits per heavy atom. The summed E-state index contributed by atoms with van der Waals surface area (Å²) in [5, 5.41) is 7.02. The van der Waals surface area contributed by atoms with Crippen molar-refractivity contribution in [2.24, 2.45) is 10.9 Å². The van der Waals surface area contributed by atoms with E-state index in [1.807, 2.05) is 18.5 Å². The van der Waals surface area contributed by atoms with E-state index >= 15 is 0 Å². The Labute approximate surface area is 216 Å². The van der Waals surface area contributed by atoms with Crippen molar-refractivity contribution in [1.29, 1.82) is 0 Å². The second-order valence-corrected chi connectivity index (χ2v) is 8.33. The lowest BCUT2D eigenvalue weighted by Gasteiger charge is -2.39. The zero-order valence-electron chi connectivity index (χ0n) is 20.4. The van der Waals surface area contributed by atoms with Crippen LogP contribution in [0.1, 0.15) is 45.0 Å².